The molecule has 0 saturated heterocycles. The first-order chi connectivity index (χ1) is 8.43. The summed E-state index contributed by atoms with van der Waals surface area (Å²) >= 11 is 0. The van der Waals surface area contributed by atoms with Gasteiger partial charge >= 0.3 is 12.6 Å². The van der Waals surface area contributed by atoms with E-state index in [1.54, 1.807) is 19.9 Å². The van der Waals surface area contributed by atoms with Crippen molar-refractivity contribution in [3.63, 3.8) is 0 Å². The summed E-state index contributed by atoms with van der Waals surface area (Å²) < 4.78 is 33.7. The predicted molar refractivity (Wildman–Crippen MR) is 62.6 cm³/mol. The van der Waals surface area contributed by atoms with E-state index in [1.807, 2.05) is 0 Å². The summed E-state index contributed by atoms with van der Waals surface area (Å²) in [6.07, 6.45) is -0.192. The highest BCUT2D eigenvalue weighted by Crippen LogP contribution is 2.28. The molecule has 0 fully saturated rings. The second kappa shape index (κ2) is 6.18. The minimum atomic E-state index is -2.97. The average molecular weight is 259 g/mol. The number of nitrogens with two attached hydrogens (primary N) is 1. The van der Waals surface area contributed by atoms with Crippen LogP contribution in [0.2, 0.25) is 0 Å². The Balaban J connectivity index is 3.03. The van der Waals surface area contributed by atoms with Gasteiger partial charge in [0.2, 0.25) is 0 Å². The van der Waals surface area contributed by atoms with Crippen LogP contribution in [-0.2, 0) is 16.0 Å². The van der Waals surface area contributed by atoms with Gasteiger partial charge in [-0.05, 0) is 31.5 Å². The molecule has 0 amide bonds. The Kier molecular flexibility index (Phi) is 4.88. The number of halogens is 2. The lowest BCUT2D eigenvalue weighted by molar-refractivity contribution is -0.142. The van der Waals surface area contributed by atoms with Gasteiger partial charge in [-0.2, -0.15) is 8.78 Å². The molecule has 18 heavy (non-hydrogen) atoms. The molecule has 0 atom stereocenters. The second-order valence-electron chi connectivity index (χ2n) is 3.69. The number of carbonyl (C=O) groups is 1. The zero-order chi connectivity index (χ0) is 13.7. The third-order valence-electron chi connectivity index (χ3n) is 2.23. The van der Waals surface area contributed by atoms with Crippen LogP contribution in [0.25, 0.3) is 0 Å². The lowest BCUT2D eigenvalue weighted by Crippen LogP contribution is -2.12. The van der Waals surface area contributed by atoms with Crippen LogP contribution < -0.4 is 10.5 Å². The molecule has 0 aromatic heterocycles. The first kappa shape index (κ1) is 14.2. The largest absolute Gasteiger partial charge is 0.466 e. The van der Waals surface area contributed by atoms with Gasteiger partial charge in [0.05, 0.1) is 13.0 Å². The highest BCUT2D eigenvalue weighted by molar-refractivity contribution is 5.76. The Bertz CT molecular complexity index is 436. The summed E-state index contributed by atoms with van der Waals surface area (Å²) in [5.41, 5.74) is 6.84. The van der Waals surface area contributed by atoms with Gasteiger partial charge in [-0.1, -0.05) is 0 Å². The Labute approximate surface area is 104 Å². The van der Waals surface area contributed by atoms with Crippen molar-refractivity contribution in [1.29, 1.82) is 0 Å². The van der Waals surface area contributed by atoms with E-state index >= 15 is 0 Å². The number of aryl methyl sites for hydroxylation is 1. The molecule has 0 radical (unpaired) electrons. The molecule has 4 nitrogen and oxygen atoms in total. The number of hydrogen-bond donors (Lipinski definition) is 1. The number of carbonyl (C=O) groups excluding carboxylic acids is 1. The van der Waals surface area contributed by atoms with Crippen LogP contribution in [0.4, 0.5) is 14.5 Å². The molecule has 100 valence electrons. The summed E-state index contributed by atoms with van der Waals surface area (Å²) in [6, 6.07) is 3.00. The summed E-state index contributed by atoms with van der Waals surface area (Å²) in [7, 11) is 0. The Morgan fingerprint density at radius 3 is 2.67 bits per heavy atom. The standard InChI is InChI=1S/C12H15F2NO3/c1-3-17-11(16)6-8-9(15)4-7(2)5-10(8)18-12(13)14/h4-5,12H,3,6,15H2,1-2H3. The van der Waals surface area contributed by atoms with E-state index in [9.17, 15) is 13.6 Å². The Hall–Kier alpha value is -1.85. The maximum absolute atomic E-state index is 12.3. The van der Waals surface area contributed by atoms with E-state index in [4.69, 9.17) is 10.5 Å². The molecule has 0 bridgehead atoms. The van der Waals surface area contributed by atoms with Crippen molar-refractivity contribution in [2.45, 2.75) is 26.9 Å². The van der Waals surface area contributed by atoms with Crippen LogP contribution in [0.1, 0.15) is 18.1 Å². The number of alkyl halides is 2. The highest BCUT2D eigenvalue weighted by atomic mass is 19.3. The van der Waals surface area contributed by atoms with Gasteiger partial charge in [0.15, 0.2) is 0 Å². The van der Waals surface area contributed by atoms with Crippen LogP contribution in [-0.4, -0.2) is 19.2 Å². The van der Waals surface area contributed by atoms with E-state index in [1.165, 1.54) is 6.07 Å². The number of nitrogen functional groups attached to an aromatic ring is 1. The fourth-order valence-corrected chi connectivity index (χ4v) is 1.56. The molecule has 1 aromatic carbocycles. The van der Waals surface area contributed by atoms with Gasteiger partial charge < -0.3 is 15.2 Å². The maximum Gasteiger partial charge on any atom is 0.387 e. The van der Waals surface area contributed by atoms with E-state index in [0.717, 1.165) is 0 Å². The summed E-state index contributed by atoms with van der Waals surface area (Å²) in [4.78, 5) is 11.4. The Morgan fingerprint density at radius 1 is 1.44 bits per heavy atom. The third kappa shape index (κ3) is 3.87. The van der Waals surface area contributed by atoms with Crippen LogP contribution in [0.3, 0.4) is 0 Å². The molecule has 1 aromatic rings. The number of benzene rings is 1. The van der Waals surface area contributed by atoms with Gasteiger partial charge in [-0.15, -0.1) is 0 Å². The van der Waals surface area contributed by atoms with Gasteiger partial charge in [-0.3, -0.25) is 4.79 Å². The molecular formula is C12H15F2NO3. The molecule has 2 N–H and O–H groups in total. The van der Waals surface area contributed by atoms with Crippen LogP contribution in [0.15, 0.2) is 12.1 Å². The fraction of sp³-hybridized carbons (Fsp3) is 0.417. The first-order valence-electron chi connectivity index (χ1n) is 5.43. The highest BCUT2D eigenvalue weighted by Gasteiger charge is 2.16. The number of ether oxygens (including phenoxy) is 2. The smallest absolute Gasteiger partial charge is 0.387 e. The van der Waals surface area contributed by atoms with Crippen molar-refractivity contribution in [2.75, 3.05) is 12.3 Å². The van der Waals surface area contributed by atoms with Crippen LogP contribution >= 0.6 is 0 Å². The molecule has 0 heterocycles. The lowest BCUT2D eigenvalue weighted by atomic mass is 10.1. The molecule has 0 unspecified atom stereocenters. The van der Waals surface area contributed by atoms with Crippen molar-refractivity contribution in [3.05, 3.63) is 23.3 Å². The van der Waals surface area contributed by atoms with Crippen molar-refractivity contribution >= 4 is 11.7 Å². The number of hydrogen-bond acceptors (Lipinski definition) is 4. The van der Waals surface area contributed by atoms with E-state index in [-0.39, 0.29) is 30.0 Å². The van der Waals surface area contributed by atoms with Crippen molar-refractivity contribution in [2.24, 2.45) is 0 Å². The van der Waals surface area contributed by atoms with E-state index in [0.29, 0.717) is 5.56 Å². The molecule has 1 rings (SSSR count). The Morgan fingerprint density at radius 2 is 2.11 bits per heavy atom. The van der Waals surface area contributed by atoms with E-state index in [2.05, 4.69) is 4.74 Å². The van der Waals surface area contributed by atoms with Gasteiger partial charge in [0.1, 0.15) is 5.75 Å². The second-order valence-corrected chi connectivity index (χ2v) is 3.69. The zero-order valence-corrected chi connectivity index (χ0v) is 10.2. The minimum Gasteiger partial charge on any atom is -0.466 e. The molecule has 0 aliphatic heterocycles. The third-order valence-corrected chi connectivity index (χ3v) is 2.23. The summed E-state index contributed by atoms with van der Waals surface area (Å²) in [5, 5.41) is 0. The summed E-state index contributed by atoms with van der Waals surface area (Å²) in [5.74, 6) is -0.622. The van der Waals surface area contributed by atoms with Crippen molar-refractivity contribution < 1.29 is 23.0 Å². The van der Waals surface area contributed by atoms with Crippen molar-refractivity contribution in [1.82, 2.24) is 0 Å². The molecular weight excluding hydrogens is 244 g/mol. The molecule has 0 aliphatic carbocycles. The van der Waals surface area contributed by atoms with Crippen LogP contribution in [0, 0.1) is 6.92 Å². The maximum atomic E-state index is 12.3. The van der Waals surface area contributed by atoms with Crippen LogP contribution in [0.5, 0.6) is 5.75 Å². The average Bonchev–Trinajstić information content (AvgIpc) is 2.22. The van der Waals surface area contributed by atoms with E-state index < -0.39 is 12.6 Å². The topological polar surface area (TPSA) is 61.5 Å². The number of rotatable bonds is 5. The number of esters is 1. The monoisotopic (exact) mass is 259 g/mol. The molecule has 6 heteroatoms. The molecule has 0 saturated carbocycles. The minimum absolute atomic E-state index is 0.0875. The lowest BCUT2D eigenvalue weighted by Gasteiger charge is -2.13. The first-order valence-corrected chi connectivity index (χ1v) is 5.43. The van der Waals surface area contributed by atoms with Gasteiger partial charge in [0, 0.05) is 11.3 Å². The fourth-order valence-electron chi connectivity index (χ4n) is 1.56. The van der Waals surface area contributed by atoms with Gasteiger partial charge in [-0.25, -0.2) is 0 Å². The van der Waals surface area contributed by atoms with Crippen molar-refractivity contribution in [3.8, 4) is 5.75 Å². The summed E-state index contributed by atoms with van der Waals surface area (Å²) in [6.45, 7) is 0.609. The predicted octanol–water partition coefficient (Wildman–Crippen LogP) is 2.28. The normalized spacial score (nSPS) is 10.5. The SMILES string of the molecule is CCOC(=O)Cc1c(N)cc(C)cc1OC(F)F. The molecule has 0 aliphatic rings. The number of anilines is 1. The van der Waals surface area contributed by atoms with Gasteiger partial charge in [0.25, 0.3) is 0 Å². The quantitative estimate of drug-likeness (QED) is 0.651. The zero-order valence-electron chi connectivity index (χ0n) is 10.2. The molecule has 0 spiro atoms.